The van der Waals surface area contributed by atoms with Crippen LogP contribution < -0.4 is 5.43 Å². The van der Waals surface area contributed by atoms with Gasteiger partial charge in [-0.2, -0.15) is 5.10 Å². The van der Waals surface area contributed by atoms with Crippen LogP contribution in [-0.4, -0.2) is 10.7 Å². The zero-order valence-corrected chi connectivity index (χ0v) is 12.2. The Kier molecular flexibility index (Phi) is 4.67. The van der Waals surface area contributed by atoms with E-state index in [1.807, 2.05) is 24.4 Å². The third-order valence-corrected chi connectivity index (χ3v) is 4.82. The molecular formula is C17H25N3. The Bertz CT molecular complexity index is 435. The second kappa shape index (κ2) is 6.87. The van der Waals surface area contributed by atoms with Crippen molar-refractivity contribution in [3.8, 4) is 0 Å². The van der Waals surface area contributed by atoms with Crippen LogP contribution >= 0.6 is 0 Å². The van der Waals surface area contributed by atoms with Crippen molar-refractivity contribution < 1.29 is 0 Å². The van der Waals surface area contributed by atoms with Crippen LogP contribution in [0.1, 0.15) is 57.8 Å². The molecule has 0 amide bonds. The Labute approximate surface area is 121 Å². The molecule has 108 valence electrons. The molecule has 0 aromatic carbocycles. The highest BCUT2D eigenvalue weighted by Gasteiger charge is 2.29. The summed E-state index contributed by atoms with van der Waals surface area (Å²) in [6, 6.07) is 5.90. The fourth-order valence-electron chi connectivity index (χ4n) is 3.76. The van der Waals surface area contributed by atoms with E-state index in [1.165, 1.54) is 63.5 Å². The maximum atomic E-state index is 4.71. The highest BCUT2D eigenvalue weighted by Crippen LogP contribution is 2.37. The van der Waals surface area contributed by atoms with Crippen LogP contribution in [0.4, 0.5) is 5.82 Å². The van der Waals surface area contributed by atoms with Gasteiger partial charge in [0.1, 0.15) is 5.82 Å². The molecule has 0 unspecified atom stereocenters. The van der Waals surface area contributed by atoms with Gasteiger partial charge >= 0.3 is 0 Å². The van der Waals surface area contributed by atoms with Crippen molar-refractivity contribution in [3.63, 3.8) is 0 Å². The lowest BCUT2D eigenvalue weighted by atomic mass is 9.72. The summed E-state index contributed by atoms with van der Waals surface area (Å²) < 4.78 is 0. The molecule has 2 aliphatic rings. The molecule has 2 saturated carbocycles. The first kappa shape index (κ1) is 13.6. The van der Waals surface area contributed by atoms with Gasteiger partial charge in [-0.3, -0.25) is 5.43 Å². The largest absolute Gasteiger partial charge is 0.261 e. The average molecular weight is 271 g/mol. The molecule has 0 bridgehead atoms. The van der Waals surface area contributed by atoms with Crippen molar-refractivity contribution in [2.75, 3.05) is 5.43 Å². The van der Waals surface area contributed by atoms with Crippen molar-refractivity contribution in [3.05, 3.63) is 24.4 Å². The van der Waals surface area contributed by atoms with Gasteiger partial charge in [0.15, 0.2) is 0 Å². The Morgan fingerprint density at radius 1 is 1.00 bits per heavy atom. The summed E-state index contributed by atoms with van der Waals surface area (Å²) in [7, 11) is 0. The number of hydrogen-bond acceptors (Lipinski definition) is 3. The van der Waals surface area contributed by atoms with Gasteiger partial charge in [-0.15, -0.1) is 0 Å². The molecule has 3 heteroatoms. The van der Waals surface area contributed by atoms with Crippen molar-refractivity contribution in [2.24, 2.45) is 16.9 Å². The quantitative estimate of drug-likeness (QED) is 0.814. The Morgan fingerprint density at radius 2 is 1.85 bits per heavy atom. The summed E-state index contributed by atoms with van der Waals surface area (Å²) in [5.41, 5.74) is 4.56. The number of rotatable bonds is 3. The van der Waals surface area contributed by atoms with E-state index in [1.54, 1.807) is 0 Å². The van der Waals surface area contributed by atoms with Crippen LogP contribution in [-0.2, 0) is 0 Å². The zero-order chi connectivity index (χ0) is 13.6. The minimum atomic E-state index is 0.722. The van der Waals surface area contributed by atoms with Crippen LogP contribution in [0.3, 0.4) is 0 Å². The minimum absolute atomic E-state index is 0.722. The third-order valence-electron chi connectivity index (χ3n) is 4.82. The molecule has 0 saturated heterocycles. The fourth-order valence-corrected chi connectivity index (χ4v) is 3.76. The van der Waals surface area contributed by atoms with Gasteiger partial charge in [0.05, 0.1) is 0 Å². The van der Waals surface area contributed by atoms with E-state index < -0.39 is 0 Å². The van der Waals surface area contributed by atoms with Gasteiger partial charge in [-0.1, -0.05) is 31.7 Å². The molecule has 3 nitrogen and oxygen atoms in total. The van der Waals surface area contributed by atoms with E-state index >= 15 is 0 Å². The Hall–Kier alpha value is -1.38. The number of nitrogens with zero attached hydrogens (tertiary/aromatic N) is 2. The Balaban J connectivity index is 1.68. The van der Waals surface area contributed by atoms with Gasteiger partial charge in [-0.25, -0.2) is 4.98 Å². The lowest BCUT2D eigenvalue weighted by Gasteiger charge is -2.33. The molecule has 1 aromatic rings. The second-order valence-electron chi connectivity index (χ2n) is 6.18. The van der Waals surface area contributed by atoms with Crippen molar-refractivity contribution in [1.82, 2.24) is 4.98 Å². The van der Waals surface area contributed by atoms with Gasteiger partial charge in [0.25, 0.3) is 0 Å². The molecule has 0 radical (unpaired) electrons. The smallest absolute Gasteiger partial charge is 0.146 e. The number of nitrogens with one attached hydrogen (secondary N) is 1. The van der Waals surface area contributed by atoms with Crippen LogP contribution in [0, 0.1) is 11.8 Å². The van der Waals surface area contributed by atoms with E-state index in [0.29, 0.717) is 0 Å². The summed E-state index contributed by atoms with van der Waals surface area (Å²) in [6.07, 6.45) is 14.1. The molecule has 1 aromatic heterocycles. The number of anilines is 1. The van der Waals surface area contributed by atoms with Crippen molar-refractivity contribution in [1.29, 1.82) is 0 Å². The molecule has 2 fully saturated rings. The maximum absolute atomic E-state index is 4.71. The highest BCUT2D eigenvalue weighted by molar-refractivity contribution is 5.88. The van der Waals surface area contributed by atoms with E-state index in [0.717, 1.165) is 17.7 Å². The third kappa shape index (κ3) is 3.38. The first-order valence-corrected chi connectivity index (χ1v) is 8.17. The predicted octanol–water partition coefficient (Wildman–Crippen LogP) is 4.62. The van der Waals surface area contributed by atoms with Crippen LogP contribution in [0.5, 0.6) is 0 Å². The number of hydrogen-bond donors (Lipinski definition) is 1. The van der Waals surface area contributed by atoms with E-state index in [-0.39, 0.29) is 0 Å². The highest BCUT2D eigenvalue weighted by atomic mass is 15.3. The molecule has 0 spiro atoms. The maximum Gasteiger partial charge on any atom is 0.146 e. The lowest BCUT2D eigenvalue weighted by molar-refractivity contribution is 0.274. The number of aromatic nitrogens is 1. The van der Waals surface area contributed by atoms with E-state index in [4.69, 9.17) is 5.10 Å². The molecule has 2 aliphatic carbocycles. The van der Waals surface area contributed by atoms with E-state index in [2.05, 4.69) is 10.4 Å². The van der Waals surface area contributed by atoms with Crippen LogP contribution in [0.2, 0.25) is 0 Å². The van der Waals surface area contributed by atoms with Gasteiger partial charge < -0.3 is 0 Å². The topological polar surface area (TPSA) is 37.3 Å². The van der Waals surface area contributed by atoms with Crippen LogP contribution in [0.15, 0.2) is 29.5 Å². The zero-order valence-electron chi connectivity index (χ0n) is 12.2. The molecule has 1 heterocycles. The first-order valence-electron chi connectivity index (χ1n) is 8.17. The van der Waals surface area contributed by atoms with Gasteiger partial charge in [0.2, 0.25) is 0 Å². The number of pyridine rings is 1. The SMILES string of the molecule is c1ccc(N/N=C2\CCCC[C@H]2C2CCCCC2)nc1. The molecule has 3 rings (SSSR count). The van der Waals surface area contributed by atoms with Crippen LogP contribution in [0.25, 0.3) is 0 Å². The second-order valence-corrected chi connectivity index (χ2v) is 6.18. The number of hydrazone groups is 1. The van der Waals surface area contributed by atoms with Crippen molar-refractivity contribution in [2.45, 2.75) is 57.8 Å². The lowest BCUT2D eigenvalue weighted by Crippen LogP contribution is -2.29. The summed E-state index contributed by atoms with van der Waals surface area (Å²) in [4.78, 5) is 4.28. The molecule has 1 N–H and O–H groups in total. The summed E-state index contributed by atoms with van der Waals surface area (Å²) >= 11 is 0. The van der Waals surface area contributed by atoms with Crippen molar-refractivity contribution >= 4 is 11.5 Å². The Morgan fingerprint density at radius 3 is 2.65 bits per heavy atom. The molecule has 1 atom stereocenters. The van der Waals surface area contributed by atoms with E-state index in [9.17, 15) is 0 Å². The summed E-state index contributed by atoms with van der Waals surface area (Å²) in [6.45, 7) is 0. The average Bonchev–Trinajstić information content (AvgIpc) is 2.55. The monoisotopic (exact) mass is 271 g/mol. The normalized spacial score (nSPS) is 26.6. The fraction of sp³-hybridized carbons (Fsp3) is 0.647. The standard InChI is InChI=1S/C17H25N3/c1-2-8-14(9-3-1)15-10-4-5-11-16(15)19-20-17-12-6-7-13-18-17/h6-7,12-15H,1-5,8-11H2,(H,18,20)/b19-16+/t15-/m0/s1. The first-order chi connectivity index (χ1) is 9.93. The van der Waals surface area contributed by atoms with Gasteiger partial charge in [0, 0.05) is 17.8 Å². The molecule has 20 heavy (non-hydrogen) atoms. The predicted molar refractivity (Wildman–Crippen MR) is 83.8 cm³/mol. The molecular weight excluding hydrogens is 246 g/mol. The molecule has 0 aliphatic heterocycles. The minimum Gasteiger partial charge on any atom is -0.261 e. The van der Waals surface area contributed by atoms with Gasteiger partial charge in [-0.05, 0) is 50.2 Å². The summed E-state index contributed by atoms with van der Waals surface area (Å²) in [5, 5.41) is 4.71. The summed E-state index contributed by atoms with van der Waals surface area (Å²) in [5.74, 6) is 2.46.